The van der Waals surface area contributed by atoms with Gasteiger partial charge in [-0.1, -0.05) is 18.3 Å². The minimum absolute atomic E-state index is 0.0756. The van der Waals surface area contributed by atoms with Crippen LogP contribution in [0.5, 0.6) is 0 Å². The number of hydrogen-bond donors (Lipinski definition) is 1. The van der Waals surface area contributed by atoms with Crippen LogP contribution in [0.3, 0.4) is 0 Å². The molecule has 2 aromatic carbocycles. The fourth-order valence-electron chi connectivity index (χ4n) is 2.71. The van der Waals surface area contributed by atoms with E-state index in [-0.39, 0.29) is 28.6 Å². The average Bonchev–Trinajstić information content (AvgIpc) is 2.74. The molecule has 0 heterocycles. The van der Waals surface area contributed by atoms with Crippen molar-refractivity contribution in [3.05, 3.63) is 53.8 Å². The van der Waals surface area contributed by atoms with Crippen LogP contribution in [0.4, 0.5) is 10.1 Å². The van der Waals surface area contributed by atoms with Crippen LogP contribution in [-0.4, -0.2) is 58.8 Å². The van der Waals surface area contributed by atoms with E-state index in [9.17, 15) is 26.0 Å². The number of sulfonamides is 2. The summed E-state index contributed by atoms with van der Waals surface area (Å²) in [5.41, 5.74) is -0.260. The molecule has 2 aromatic rings. The smallest absolute Gasteiger partial charge is 0.264 e. The molecule has 31 heavy (non-hydrogen) atoms. The molecule has 0 aliphatic rings. The van der Waals surface area contributed by atoms with Crippen LogP contribution in [0.25, 0.3) is 0 Å². The molecule has 170 valence electrons. The van der Waals surface area contributed by atoms with E-state index >= 15 is 0 Å². The lowest BCUT2D eigenvalue weighted by Crippen LogP contribution is -2.31. The second kappa shape index (κ2) is 9.83. The van der Waals surface area contributed by atoms with Crippen molar-refractivity contribution in [3.8, 4) is 0 Å². The summed E-state index contributed by atoms with van der Waals surface area (Å²) in [4.78, 5) is 17.0. The molecule has 12 heteroatoms. The number of nitrogens with one attached hydrogen (secondary N) is 1. The lowest BCUT2D eigenvalue weighted by atomic mass is 10.2. The number of carbonyl (C=O) groups is 1. The van der Waals surface area contributed by atoms with Crippen molar-refractivity contribution in [1.82, 2.24) is 8.77 Å². The van der Waals surface area contributed by atoms with Crippen molar-refractivity contribution in [2.24, 2.45) is 0 Å². The Bertz CT molecular complexity index is 1150. The Hall–Kier alpha value is -2.38. The van der Waals surface area contributed by atoms with Crippen LogP contribution in [0.15, 0.2) is 52.3 Å². The minimum Gasteiger partial charge on any atom is -0.322 e. The summed E-state index contributed by atoms with van der Waals surface area (Å²) >= 11 is 0. The van der Waals surface area contributed by atoms with E-state index in [1.165, 1.54) is 42.7 Å². The summed E-state index contributed by atoms with van der Waals surface area (Å²) in [5.74, 6) is -1.77. The zero-order chi connectivity index (χ0) is 23.4. The lowest BCUT2D eigenvalue weighted by molar-refractivity contribution is -0.0258. The zero-order valence-electron chi connectivity index (χ0n) is 17.5. The fourth-order valence-corrected chi connectivity index (χ4v) is 5.16. The summed E-state index contributed by atoms with van der Waals surface area (Å²) < 4.78 is 65.8. The number of hydroxylamine groups is 1. The summed E-state index contributed by atoms with van der Waals surface area (Å²) in [5, 5.41) is 2.43. The molecule has 0 aliphatic carbocycles. The summed E-state index contributed by atoms with van der Waals surface area (Å²) in [6.07, 6.45) is 0. The molecule has 2 rings (SSSR count). The molecule has 0 atom stereocenters. The number of amides is 1. The van der Waals surface area contributed by atoms with Gasteiger partial charge < -0.3 is 5.32 Å². The Morgan fingerprint density at radius 3 is 2.03 bits per heavy atom. The Kier molecular flexibility index (Phi) is 7.89. The minimum atomic E-state index is -3.88. The Balaban J connectivity index is 2.31. The Morgan fingerprint density at radius 1 is 0.968 bits per heavy atom. The van der Waals surface area contributed by atoms with Gasteiger partial charge in [-0.05, 0) is 42.5 Å². The van der Waals surface area contributed by atoms with Crippen LogP contribution >= 0.6 is 0 Å². The van der Waals surface area contributed by atoms with E-state index in [1.807, 2.05) is 0 Å². The van der Waals surface area contributed by atoms with Crippen LogP contribution < -0.4 is 5.32 Å². The third-order valence-corrected chi connectivity index (χ3v) is 8.27. The predicted octanol–water partition coefficient (Wildman–Crippen LogP) is 2.29. The molecule has 0 fully saturated rings. The lowest BCUT2D eigenvalue weighted by Gasteiger charge is -2.19. The molecule has 0 saturated carbocycles. The maximum absolute atomic E-state index is 14.3. The van der Waals surface area contributed by atoms with E-state index in [2.05, 4.69) is 10.2 Å². The highest BCUT2D eigenvalue weighted by Gasteiger charge is 2.25. The summed E-state index contributed by atoms with van der Waals surface area (Å²) in [6.45, 7) is 3.80. The number of anilines is 1. The van der Waals surface area contributed by atoms with Crippen molar-refractivity contribution in [2.45, 2.75) is 23.6 Å². The molecule has 1 amide bonds. The molecule has 0 bridgehead atoms. The first-order chi connectivity index (χ1) is 14.5. The first-order valence-corrected chi connectivity index (χ1v) is 12.1. The van der Waals surface area contributed by atoms with Gasteiger partial charge in [-0.2, -0.15) is 4.31 Å². The monoisotopic (exact) mass is 473 g/mol. The quantitative estimate of drug-likeness (QED) is 0.559. The molecule has 0 spiro atoms. The number of carbonyl (C=O) groups excluding carboxylic acids is 1. The highest BCUT2D eigenvalue weighted by Crippen LogP contribution is 2.22. The van der Waals surface area contributed by atoms with Gasteiger partial charge >= 0.3 is 0 Å². The van der Waals surface area contributed by atoms with Crippen molar-refractivity contribution < 1.29 is 30.9 Å². The zero-order valence-corrected chi connectivity index (χ0v) is 19.1. The molecule has 0 radical (unpaired) electrons. The summed E-state index contributed by atoms with van der Waals surface area (Å²) in [7, 11) is -5.30. The number of rotatable bonds is 9. The van der Waals surface area contributed by atoms with Crippen LogP contribution in [0, 0.1) is 5.82 Å². The Morgan fingerprint density at radius 2 is 1.52 bits per heavy atom. The highest BCUT2D eigenvalue weighted by atomic mass is 32.2. The molecule has 0 aliphatic heterocycles. The standard InChI is InChI=1S/C19H24FN3O6S2/c1-5-23(6-2)31(27,28)16-11-12-18(20)17(13-16)19(24)21-14-7-9-15(10-8-14)30(25,26)22(3)29-4/h7-13H,5-6H2,1-4H3,(H,21,24). The van der Waals surface area contributed by atoms with Crippen molar-refractivity contribution in [1.29, 1.82) is 0 Å². The fraction of sp³-hybridized carbons (Fsp3) is 0.316. The van der Waals surface area contributed by atoms with Gasteiger partial charge in [0.15, 0.2) is 0 Å². The van der Waals surface area contributed by atoms with Gasteiger partial charge in [0.1, 0.15) is 5.82 Å². The van der Waals surface area contributed by atoms with Crippen LogP contribution in [0.2, 0.25) is 0 Å². The van der Waals surface area contributed by atoms with Gasteiger partial charge in [0.05, 0.1) is 22.5 Å². The Labute approximate surface area is 181 Å². The molecular formula is C19H24FN3O6S2. The van der Waals surface area contributed by atoms with Gasteiger partial charge in [-0.15, -0.1) is 0 Å². The number of benzene rings is 2. The van der Waals surface area contributed by atoms with E-state index in [4.69, 9.17) is 0 Å². The third kappa shape index (κ3) is 5.28. The first-order valence-electron chi connectivity index (χ1n) is 9.23. The second-order valence-corrected chi connectivity index (χ2v) is 10.2. The first kappa shape index (κ1) is 24.9. The topological polar surface area (TPSA) is 113 Å². The average molecular weight is 474 g/mol. The molecular weight excluding hydrogens is 449 g/mol. The maximum atomic E-state index is 14.3. The summed E-state index contributed by atoms with van der Waals surface area (Å²) in [6, 6.07) is 8.14. The largest absolute Gasteiger partial charge is 0.322 e. The van der Waals surface area contributed by atoms with Gasteiger partial charge in [0.25, 0.3) is 15.9 Å². The van der Waals surface area contributed by atoms with Gasteiger partial charge in [-0.3, -0.25) is 9.63 Å². The number of nitrogens with zero attached hydrogens (tertiary/aromatic N) is 2. The van der Waals surface area contributed by atoms with Crippen molar-refractivity contribution in [3.63, 3.8) is 0 Å². The molecule has 9 nitrogen and oxygen atoms in total. The number of halogens is 1. The molecule has 0 unspecified atom stereocenters. The molecule has 0 saturated heterocycles. The van der Waals surface area contributed by atoms with E-state index in [0.717, 1.165) is 18.2 Å². The third-order valence-electron chi connectivity index (χ3n) is 4.53. The van der Waals surface area contributed by atoms with Crippen molar-refractivity contribution in [2.75, 3.05) is 32.6 Å². The number of hydrogen-bond acceptors (Lipinski definition) is 6. The van der Waals surface area contributed by atoms with Gasteiger partial charge in [0.2, 0.25) is 10.0 Å². The SMILES string of the molecule is CCN(CC)S(=O)(=O)c1ccc(F)c(C(=O)Nc2ccc(S(=O)(=O)N(C)OC)cc2)c1. The van der Waals surface area contributed by atoms with Crippen molar-refractivity contribution >= 4 is 31.6 Å². The van der Waals surface area contributed by atoms with E-state index < -0.39 is 37.3 Å². The van der Waals surface area contributed by atoms with Gasteiger partial charge in [-0.25, -0.2) is 21.2 Å². The van der Waals surface area contributed by atoms with E-state index in [1.54, 1.807) is 13.8 Å². The predicted molar refractivity (Wildman–Crippen MR) is 113 cm³/mol. The van der Waals surface area contributed by atoms with Crippen LogP contribution in [0.1, 0.15) is 24.2 Å². The normalized spacial score (nSPS) is 12.4. The molecule has 0 aromatic heterocycles. The van der Waals surface area contributed by atoms with Crippen LogP contribution in [-0.2, 0) is 24.9 Å². The maximum Gasteiger partial charge on any atom is 0.264 e. The molecule has 1 N–H and O–H groups in total. The second-order valence-electron chi connectivity index (χ2n) is 6.31. The van der Waals surface area contributed by atoms with Gasteiger partial charge in [0, 0.05) is 25.8 Å². The van der Waals surface area contributed by atoms with E-state index in [0.29, 0.717) is 4.47 Å². The highest BCUT2D eigenvalue weighted by molar-refractivity contribution is 7.89.